The Bertz CT molecular complexity index is 977. The van der Waals surface area contributed by atoms with E-state index < -0.39 is 29.4 Å². The van der Waals surface area contributed by atoms with E-state index in [0.29, 0.717) is 11.3 Å². The van der Waals surface area contributed by atoms with Crippen LogP contribution in [0.4, 0.5) is 5.69 Å². The summed E-state index contributed by atoms with van der Waals surface area (Å²) in [5.41, 5.74) is 0.487. The lowest BCUT2D eigenvalue weighted by Crippen LogP contribution is -2.31. The van der Waals surface area contributed by atoms with Crippen LogP contribution in [-0.4, -0.2) is 23.4 Å². The zero-order valence-electron chi connectivity index (χ0n) is 14.4. The van der Waals surface area contributed by atoms with Crippen molar-refractivity contribution in [3.05, 3.63) is 76.0 Å². The Balaban J connectivity index is 1.56. The van der Waals surface area contributed by atoms with E-state index in [9.17, 15) is 19.7 Å². The highest BCUT2D eigenvalue weighted by atomic mass is 16.6. The van der Waals surface area contributed by atoms with Crippen LogP contribution < -0.4 is 5.32 Å². The van der Waals surface area contributed by atoms with Crippen molar-refractivity contribution in [1.82, 2.24) is 5.32 Å². The van der Waals surface area contributed by atoms with E-state index in [1.165, 1.54) is 18.2 Å². The number of carbonyl (C=O) groups is 2. The minimum atomic E-state index is -0.815. The highest BCUT2D eigenvalue weighted by Gasteiger charge is 2.17. The van der Waals surface area contributed by atoms with E-state index in [1.807, 2.05) is 30.3 Å². The first-order valence-electron chi connectivity index (χ1n) is 8.13. The fourth-order valence-corrected chi connectivity index (χ4v) is 2.53. The van der Waals surface area contributed by atoms with Crippen LogP contribution >= 0.6 is 0 Å². The lowest BCUT2D eigenvalue weighted by molar-refractivity contribution is -0.384. The lowest BCUT2D eigenvalue weighted by Gasteiger charge is -2.11. The summed E-state index contributed by atoms with van der Waals surface area (Å²) in [6, 6.07) is 14.0. The fraction of sp³-hybridized carbons (Fsp3) is 0.158. The van der Waals surface area contributed by atoms with Gasteiger partial charge in [-0.1, -0.05) is 24.3 Å². The van der Waals surface area contributed by atoms with Gasteiger partial charge in [-0.3, -0.25) is 14.9 Å². The van der Waals surface area contributed by atoms with Crippen LogP contribution in [0.1, 0.15) is 29.1 Å². The van der Waals surface area contributed by atoms with Gasteiger partial charge in [-0.25, -0.2) is 4.79 Å². The number of carbonyl (C=O) groups excluding carboxylic acids is 2. The number of non-ortho nitro benzene ring substituents is 1. The third kappa shape index (κ3) is 4.30. The van der Waals surface area contributed by atoms with Crippen molar-refractivity contribution >= 4 is 28.5 Å². The molecule has 138 valence electrons. The largest absolute Gasteiger partial charge is 0.459 e. The summed E-state index contributed by atoms with van der Waals surface area (Å²) in [7, 11) is 0. The van der Waals surface area contributed by atoms with Crippen LogP contribution in [0.2, 0.25) is 0 Å². The molecule has 8 nitrogen and oxygen atoms in total. The van der Waals surface area contributed by atoms with Crippen LogP contribution in [0.5, 0.6) is 0 Å². The zero-order valence-corrected chi connectivity index (χ0v) is 14.4. The number of nitrogens with one attached hydrogen (secondary N) is 1. The third-order valence-electron chi connectivity index (χ3n) is 3.88. The van der Waals surface area contributed by atoms with Gasteiger partial charge in [-0.05, 0) is 25.1 Å². The van der Waals surface area contributed by atoms with Crippen molar-refractivity contribution in [1.29, 1.82) is 0 Å². The van der Waals surface area contributed by atoms with Gasteiger partial charge < -0.3 is 14.5 Å². The van der Waals surface area contributed by atoms with Crippen molar-refractivity contribution in [2.45, 2.75) is 13.0 Å². The molecule has 1 N–H and O–H groups in total. The van der Waals surface area contributed by atoms with Gasteiger partial charge in [-0.2, -0.15) is 0 Å². The van der Waals surface area contributed by atoms with Crippen LogP contribution in [-0.2, 0) is 9.53 Å². The molecule has 1 amide bonds. The first-order valence-corrected chi connectivity index (χ1v) is 8.13. The topological polar surface area (TPSA) is 112 Å². The second-order valence-corrected chi connectivity index (χ2v) is 5.86. The van der Waals surface area contributed by atoms with Gasteiger partial charge >= 0.3 is 5.97 Å². The molecule has 2 aromatic carbocycles. The number of fused-ring (bicyclic) bond motifs is 1. The first-order chi connectivity index (χ1) is 12.9. The van der Waals surface area contributed by atoms with Crippen molar-refractivity contribution < 1.29 is 23.7 Å². The maximum absolute atomic E-state index is 12.0. The molecule has 27 heavy (non-hydrogen) atoms. The zero-order chi connectivity index (χ0) is 19.4. The van der Waals surface area contributed by atoms with Gasteiger partial charge in [0.25, 0.3) is 11.6 Å². The van der Waals surface area contributed by atoms with Crippen molar-refractivity contribution in [3.63, 3.8) is 0 Å². The smallest absolute Gasteiger partial charge is 0.338 e. The molecule has 0 unspecified atom stereocenters. The number of amides is 1. The molecule has 0 saturated heterocycles. The highest BCUT2D eigenvalue weighted by Crippen LogP contribution is 2.23. The van der Waals surface area contributed by atoms with Crippen molar-refractivity contribution in [2.75, 3.05) is 6.61 Å². The average Bonchev–Trinajstić information content (AvgIpc) is 3.10. The number of para-hydroxylation sites is 1. The first kappa shape index (κ1) is 18.1. The lowest BCUT2D eigenvalue weighted by atomic mass is 10.2. The Hall–Kier alpha value is -3.68. The van der Waals surface area contributed by atoms with Crippen LogP contribution in [0.25, 0.3) is 11.0 Å². The molecule has 0 aliphatic heterocycles. The normalized spacial score (nSPS) is 11.7. The second kappa shape index (κ2) is 7.69. The number of rotatable bonds is 6. The molecule has 1 heterocycles. The standard InChI is InChI=1S/C19H16N2O6/c1-12(17-10-13-5-2-3-8-16(13)27-17)20-18(22)11-26-19(23)14-6-4-7-15(9-14)21(24)25/h2-10,12H,11H2,1H3,(H,20,22)/t12-/m1/s1. The van der Waals surface area contributed by atoms with Gasteiger partial charge in [-0.15, -0.1) is 0 Å². The van der Waals surface area contributed by atoms with E-state index in [1.54, 1.807) is 6.92 Å². The maximum atomic E-state index is 12.0. The fourth-order valence-electron chi connectivity index (χ4n) is 2.53. The second-order valence-electron chi connectivity index (χ2n) is 5.86. The van der Waals surface area contributed by atoms with Crippen LogP contribution in [0.15, 0.2) is 59.0 Å². The molecule has 1 atom stereocenters. The van der Waals surface area contributed by atoms with Gasteiger partial charge in [0.2, 0.25) is 0 Å². The Morgan fingerprint density at radius 2 is 1.96 bits per heavy atom. The summed E-state index contributed by atoms with van der Waals surface area (Å²) in [5, 5.41) is 14.3. The monoisotopic (exact) mass is 368 g/mol. The molecule has 0 aliphatic carbocycles. The number of nitrogens with zero attached hydrogens (tertiary/aromatic N) is 1. The number of ether oxygens (including phenoxy) is 1. The minimum Gasteiger partial charge on any atom is -0.459 e. The third-order valence-corrected chi connectivity index (χ3v) is 3.88. The quantitative estimate of drug-likeness (QED) is 0.405. The molecule has 1 aromatic heterocycles. The molecule has 0 bridgehead atoms. The number of furan rings is 1. The van der Waals surface area contributed by atoms with E-state index >= 15 is 0 Å². The summed E-state index contributed by atoms with van der Waals surface area (Å²) >= 11 is 0. The molecular weight excluding hydrogens is 352 g/mol. The average molecular weight is 368 g/mol. The van der Waals surface area contributed by atoms with Crippen LogP contribution in [0.3, 0.4) is 0 Å². The summed E-state index contributed by atoms with van der Waals surface area (Å²) in [6.45, 7) is 1.24. The molecular formula is C19H16N2O6. The molecule has 0 aliphatic rings. The molecule has 8 heteroatoms. The predicted octanol–water partition coefficient (Wildman–Crippen LogP) is 3.38. The van der Waals surface area contributed by atoms with Gasteiger partial charge in [0, 0.05) is 17.5 Å². The predicted molar refractivity (Wildman–Crippen MR) is 96.2 cm³/mol. The summed E-state index contributed by atoms with van der Waals surface area (Å²) in [4.78, 5) is 34.1. The van der Waals surface area contributed by atoms with Crippen molar-refractivity contribution in [2.24, 2.45) is 0 Å². The number of benzene rings is 2. The summed E-state index contributed by atoms with van der Waals surface area (Å²) in [5.74, 6) is -0.749. The van der Waals surface area contributed by atoms with Gasteiger partial charge in [0.05, 0.1) is 16.5 Å². The molecule has 0 fully saturated rings. The van der Waals surface area contributed by atoms with E-state index in [2.05, 4.69) is 5.32 Å². The Morgan fingerprint density at radius 1 is 1.19 bits per heavy atom. The number of nitro groups is 1. The minimum absolute atomic E-state index is 0.00216. The summed E-state index contributed by atoms with van der Waals surface area (Å²) < 4.78 is 10.6. The van der Waals surface area contributed by atoms with Crippen LogP contribution in [0, 0.1) is 10.1 Å². The Labute approximate surface area is 153 Å². The van der Waals surface area contributed by atoms with Crippen molar-refractivity contribution in [3.8, 4) is 0 Å². The maximum Gasteiger partial charge on any atom is 0.338 e. The number of hydrogen-bond donors (Lipinski definition) is 1. The van der Waals surface area contributed by atoms with Gasteiger partial charge in [0.1, 0.15) is 11.3 Å². The number of hydrogen-bond acceptors (Lipinski definition) is 6. The summed E-state index contributed by atoms with van der Waals surface area (Å²) in [6.07, 6.45) is 0. The SMILES string of the molecule is C[C@@H](NC(=O)COC(=O)c1cccc([N+](=O)[O-])c1)c1cc2ccccc2o1. The molecule has 3 aromatic rings. The molecule has 0 saturated carbocycles. The molecule has 0 radical (unpaired) electrons. The van der Waals surface area contributed by atoms with E-state index in [-0.39, 0.29) is 11.3 Å². The van der Waals surface area contributed by atoms with Gasteiger partial charge in [0.15, 0.2) is 6.61 Å². The molecule has 3 rings (SSSR count). The number of esters is 1. The number of nitro benzene ring substituents is 1. The Morgan fingerprint density at radius 3 is 2.70 bits per heavy atom. The van der Waals surface area contributed by atoms with E-state index in [0.717, 1.165) is 11.5 Å². The Kier molecular flexibility index (Phi) is 5.16. The van der Waals surface area contributed by atoms with E-state index in [4.69, 9.17) is 9.15 Å². The highest BCUT2D eigenvalue weighted by molar-refractivity contribution is 5.92. The molecule has 0 spiro atoms.